The lowest BCUT2D eigenvalue weighted by Crippen LogP contribution is -2.41. The van der Waals surface area contributed by atoms with E-state index in [0.29, 0.717) is 47.0 Å². The zero-order valence-electron chi connectivity index (χ0n) is 26.3. The molecule has 2 aliphatic rings. The predicted molar refractivity (Wildman–Crippen MR) is 172 cm³/mol. The Morgan fingerprint density at radius 3 is 2.51 bits per heavy atom. The third kappa shape index (κ3) is 6.98. The molecular weight excluding hydrogens is 610 g/mol. The molecule has 2 aliphatic heterocycles. The zero-order valence-corrected chi connectivity index (χ0v) is 26.3. The number of halogens is 2. The molecule has 0 radical (unpaired) electrons. The van der Waals surface area contributed by atoms with Gasteiger partial charge in [-0.25, -0.2) is 8.78 Å². The summed E-state index contributed by atoms with van der Waals surface area (Å²) >= 11 is 0. The summed E-state index contributed by atoms with van der Waals surface area (Å²) in [6.45, 7) is 6.60. The van der Waals surface area contributed by atoms with Gasteiger partial charge in [-0.3, -0.25) is 19.5 Å². The monoisotopic (exact) mass is 646 g/mol. The molecule has 0 spiro atoms. The topological polar surface area (TPSA) is 102 Å². The second kappa shape index (κ2) is 13.9. The average molecular weight is 647 g/mol. The predicted octanol–water partition coefficient (Wildman–Crippen LogP) is 5.80. The van der Waals surface area contributed by atoms with Gasteiger partial charge in [-0.15, -0.1) is 0 Å². The number of benzene rings is 3. The van der Waals surface area contributed by atoms with Crippen molar-refractivity contribution in [1.29, 1.82) is 0 Å². The summed E-state index contributed by atoms with van der Waals surface area (Å²) in [6.07, 6.45) is 2.66. The van der Waals surface area contributed by atoms with Crippen LogP contribution in [0.1, 0.15) is 19.8 Å². The smallest absolute Gasteiger partial charge is 0.242 e. The first kappa shape index (κ1) is 32.1. The number of hydrogen-bond donors (Lipinski definition) is 1. The van der Waals surface area contributed by atoms with Crippen molar-refractivity contribution >= 4 is 34.1 Å². The van der Waals surface area contributed by atoms with Crippen molar-refractivity contribution in [3.05, 3.63) is 78.5 Å². The number of anilines is 2. The Morgan fingerprint density at radius 2 is 1.77 bits per heavy atom. The molecule has 3 aromatic carbocycles. The molecule has 4 aromatic rings. The van der Waals surface area contributed by atoms with Gasteiger partial charge in [-0.1, -0.05) is 0 Å². The number of aromatic nitrogens is 1. The molecule has 2 fully saturated rings. The van der Waals surface area contributed by atoms with Crippen LogP contribution in [-0.2, 0) is 14.3 Å². The molecule has 2 amide bonds. The van der Waals surface area contributed by atoms with Crippen LogP contribution in [0.15, 0.2) is 66.9 Å². The van der Waals surface area contributed by atoms with Crippen LogP contribution in [0.4, 0.5) is 20.2 Å². The molecule has 1 atom stereocenters. The number of ether oxygens (including phenoxy) is 4. The van der Waals surface area contributed by atoms with E-state index in [2.05, 4.69) is 15.2 Å². The highest BCUT2D eigenvalue weighted by molar-refractivity contribution is 6.16. The van der Waals surface area contributed by atoms with Crippen molar-refractivity contribution in [2.75, 3.05) is 63.3 Å². The van der Waals surface area contributed by atoms with Crippen molar-refractivity contribution in [3.8, 4) is 23.0 Å². The number of hydrogen-bond acceptors (Lipinski definition) is 8. The largest absolute Gasteiger partial charge is 0.493 e. The number of carbonyl (C=O) groups is 2. The van der Waals surface area contributed by atoms with Crippen LogP contribution in [0, 0.1) is 17.0 Å². The molecule has 6 rings (SSSR count). The molecule has 0 bridgehead atoms. The molecule has 1 N–H and O–H groups in total. The highest BCUT2D eigenvalue weighted by Crippen LogP contribution is 2.39. The fraction of sp³-hybridized carbons (Fsp3) is 0.343. The third-order valence-corrected chi connectivity index (χ3v) is 8.57. The molecule has 2 saturated heterocycles. The van der Waals surface area contributed by atoms with Gasteiger partial charge in [0.25, 0.3) is 0 Å². The van der Waals surface area contributed by atoms with Crippen LogP contribution in [0.3, 0.4) is 0 Å². The van der Waals surface area contributed by atoms with Crippen molar-refractivity contribution in [1.82, 2.24) is 9.88 Å². The van der Waals surface area contributed by atoms with E-state index in [-0.39, 0.29) is 17.9 Å². The van der Waals surface area contributed by atoms with Crippen molar-refractivity contribution in [3.63, 3.8) is 0 Å². The zero-order chi connectivity index (χ0) is 33.0. The molecule has 47 heavy (non-hydrogen) atoms. The second-order valence-corrected chi connectivity index (χ2v) is 11.7. The second-order valence-electron chi connectivity index (χ2n) is 11.7. The van der Waals surface area contributed by atoms with Crippen LogP contribution in [0.25, 0.3) is 10.9 Å². The molecule has 1 unspecified atom stereocenters. The Kier molecular flexibility index (Phi) is 9.50. The van der Waals surface area contributed by atoms with Crippen molar-refractivity contribution < 1.29 is 37.3 Å². The first-order valence-electron chi connectivity index (χ1n) is 15.5. The van der Waals surface area contributed by atoms with E-state index in [9.17, 15) is 14.0 Å². The fourth-order valence-corrected chi connectivity index (χ4v) is 5.75. The number of amides is 2. The summed E-state index contributed by atoms with van der Waals surface area (Å²) in [5.41, 5.74) is -0.115. The summed E-state index contributed by atoms with van der Waals surface area (Å²) in [6, 6.07) is 14.7. The number of nitrogens with zero attached hydrogens (tertiary/aromatic N) is 3. The lowest BCUT2D eigenvalue weighted by molar-refractivity contribution is -0.135. The standard InChI is InChI=1S/C35H36F2N4O6/c1-35(11-14-41(34(35)43)25-7-4-23(36)5-8-25)33(42)39-24-6-9-30(27(37)20-24)47-29-10-12-38-28-22-32(31(44-2)21-26(28)29)46-17-3-13-40-15-18-45-19-16-40/h4-10,12,20-22H,3,11,13-19H2,1-2H3,(H,39,42). The highest BCUT2D eigenvalue weighted by atomic mass is 19.1. The van der Waals surface area contributed by atoms with Gasteiger partial charge in [0.15, 0.2) is 23.1 Å². The Morgan fingerprint density at radius 1 is 0.979 bits per heavy atom. The minimum absolute atomic E-state index is 0.0662. The van der Waals surface area contributed by atoms with Gasteiger partial charge in [0.2, 0.25) is 11.8 Å². The number of methoxy groups -OCH3 is 1. The van der Waals surface area contributed by atoms with E-state index in [0.717, 1.165) is 45.3 Å². The number of carbonyl (C=O) groups excluding carboxylic acids is 2. The Hall–Kier alpha value is -4.81. The Bertz CT molecular complexity index is 1770. The quantitative estimate of drug-likeness (QED) is 0.161. The van der Waals surface area contributed by atoms with E-state index < -0.39 is 28.9 Å². The van der Waals surface area contributed by atoms with Crippen LogP contribution >= 0.6 is 0 Å². The molecule has 1 aromatic heterocycles. The Labute approximate surface area is 271 Å². The van der Waals surface area contributed by atoms with Gasteiger partial charge in [-0.05, 0) is 68.3 Å². The number of rotatable bonds is 11. The van der Waals surface area contributed by atoms with E-state index in [1.807, 2.05) is 0 Å². The minimum Gasteiger partial charge on any atom is -0.493 e. The number of pyridine rings is 1. The van der Waals surface area contributed by atoms with E-state index in [1.54, 1.807) is 38.4 Å². The number of morpholine rings is 1. The number of fused-ring (bicyclic) bond motifs is 1. The first-order valence-corrected chi connectivity index (χ1v) is 15.5. The van der Waals surface area contributed by atoms with Gasteiger partial charge >= 0.3 is 0 Å². The van der Waals surface area contributed by atoms with Gasteiger partial charge in [0.05, 0.1) is 32.4 Å². The maximum Gasteiger partial charge on any atom is 0.242 e. The molecule has 10 nitrogen and oxygen atoms in total. The Balaban J connectivity index is 1.11. The van der Waals surface area contributed by atoms with E-state index in [1.165, 1.54) is 41.3 Å². The minimum atomic E-state index is -1.37. The molecule has 12 heteroatoms. The third-order valence-electron chi connectivity index (χ3n) is 8.57. The van der Waals surface area contributed by atoms with Gasteiger partial charge < -0.3 is 29.2 Å². The summed E-state index contributed by atoms with van der Waals surface area (Å²) in [5.74, 6) is -0.777. The van der Waals surface area contributed by atoms with E-state index >= 15 is 4.39 Å². The average Bonchev–Trinajstić information content (AvgIpc) is 3.39. The van der Waals surface area contributed by atoms with Gasteiger partial charge in [0.1, 0.15) is 17.0 Å². The summed E-state index contributed by atoms with van der Waals surface area (Å²) in [7, 11) is 1.55. The lowest BCUT2D eigenvalue weighted by atomic mass is 9.87. The van der Waals surface area contributed by atoms with Crippen LogP contribution < -0.4 is 24.4 Å². The molecule has 0 saturated carbocycles. The number of nitrogens with one attached hydrogen (secondary N) is 1. The van der Waals surface area contributed by atoms with Crippen LogP contribution in [0.5, 0.6) is 23.0 Å². The first-order chi connectivity index (χ1) is 22.7. The van der Waals surface area contributed by atoms with Crippen molar-refractivity contribution in [2.24, 2.45) is 5.41 Å². The summed E-state index contributed by atoms with van der Waals surface area (Å²) < 4.78 is 51.7. The normalized spacial score (nSPS) is 18.4. The fourth-order valence-electron chi connectivity index (χ4n) is 5.75. The SMILES string of the molecule is COc1cc2c(Oc3ccc(NC(=O)C4(C)CCN(c5ccc(F)cc5)C4=O)cc3F)ccnc2cc1OCCCN1CCOCC1. The van der Waals surface area contributed by atoms with Crippen LogP contribution in [-0.4, -0.2) is 74.8 Å². The van der Waals surface area contributed by atoms with E-state index in [4.69, 9.17) is 18.9 Å². The maximum atomic E-state index is 15.3. The molecule has 246 valence electrons. The summed E-state index contributed by atoms with van der Waals surface area (Å²) in [5, 5.41) is 3.26. The van der Waals surface area contributed by atoms with Gasteiger partial charge in [-0.2, -0.15) is 0 Å². The molecular formula is C35H36F2N4O6. The molecule has 3 heterocycles. The summed E-state index contributed by atoms with van der Waals surface area (Å²) in [4.78, 5) is 34.7. The maximum absolute atomic E-state index is 15.3. The van der Waals surface area contributed by atoms with Crippen molar-refractivity contribution in [2.45, 2.75) is 19.8 Å². The van der Waals surface area contributed by atoms with Gasteiger partial charge in [0, 0.05) is 61.3 Å². The van der Waals surface area contributed by atoms with Crippen LogP contribution in [0.2, 0.25) is 0 Å². The molecule has 0 aliphatic carbocycles. The highest BCUT2D eigenvalue weighted by Gasteiger charge is 2.49. The lowest BCUT2D eigenvalue weighted by Gasteiger charge is -2.26.